The van der Waals surface area contributed by atoms with Crippen molar-refractivity contribution in [2.24, 2.45) is 5.73 Å². The van der Waals surface area contributed by atoms with Crippen molar-refractivity contribution >= 4 is 5.91 Å². The monoisotopic (exact) mass is 292 g/mol. The molecule has 1 amide bonds. The Morgan fingerprint density at radius 3 is 2.90 bits per heavy atom. The molecule has 1 unspecified atom stereocenters. The zero-order chi connectivity index (χ0) is 15.4. The minimum atomic E-state index is -0.392. The molecule has 2 rings (SSSR count). The third-order valence-electron chi connectivity index (χ3n) is 3.87. The van der Waals surface area contributed by atoms with Crippen molar-refractivity contribution in [2.45, 2.75) is 44.9 Å². The lowest BCUT2D eigenvalue weighted by atomic mass is 10.0. The Balaban J connectivity index is 2.02. The number of nitrogens with two attached hydrogens (primary N) is 1. The van der Waals surface area contributed by atoms with Crippen LogP contribution < -0.4 is 15.8 Å². The van der Waals surface area contributed by atoms with Crippen molar-refractivity contribution in [3.05, 3.63) is 29.3 Å². The Morgan fingerprint density at radius 2 is 2.29 bits per heavy atom. The summed E-state index contributed by atoms with van der Waals surface area (Å²) < 4.78 is 11.0. The maximum Gasteiger partial charge on any atom is 0.249 e. The van der Waals surface area contributed by atoms with Crippen LogP contribution in [0.1, 0.15) is 36.9 Å². The highest BCUT2D eigenvalue weighted by atomic mass is 16.5. The van der Waals surface area contributed by atoms with E-state index in [1.54, 1.807) is 7.11 Å². The predicted octanol–water partition coefficient (Wildman–Crippen LogP) is 1.69. The second-order valence-electron chi connectivity index (χ2n) is 5.54. The number of benzene rings is 1. The molecule has 3 atom stereocenters. The van der Waals surface area contributed by atoms with Gasteiger partial charge < -0.3 is 20.5 Å². The van der Waals surface area contributed by atoms with E-state index < -0.39 is 6.10 Å². The largest absolute Gasteiger partial charge is 0.496 e. The number of amides is 1. The van der Waals surface area contributed by atoms with Gasteiger partial charge in [-0.15, -0.1) is 0 Å². The van der Waals surface area contributed by atoms with E-state index in [0.717, 1.165) is 29.7 Å². The zero-order valence-corrected chi connectivity index (χ0v) is 12.9. The number of rotatable bonds is 5. The number of ether oxygens (including phenoxy) is 2. The van der Waals surface area contributed by atoms with Crippen molar-refractivity contribution in [3.8, 4) is 5.75 Å². The van der Waals surface area contributed by atoms with Gasteiger partial charge >= 0.3 is 0 Å². The first-order valence-corrected chi connectivity index (χ1v) is 7.35. The summed E-state index contributed by atoms with van der Waals surface area (Å²) in [5, 5.41) is 3.00. The summed E-state index contributed by atoms with van der Waals surface area (Å²) in [5.74, 6) is 0.697. The first-order chi connectivity index (χ1) is 10.0. The Kier molecular flexibility index (Phi) is 5.20. The van der Waals surface area contributed by atoms with Crippen LogP contribution in [0.15, 0.2) is 18.2 Å². The molecule has 0 saturated carbocycles. The summed E-state index contributed by atoms with van der Waals surface area (Å²) in [4.78, 5) is 12.3. The minimum Gasteiger partial charge on any atom is -0.496 e. The van der Waals surface area contributed by atoms with Crippen LogP contribution in [0.5, 0.6) is 5.75 Å². The Hall–Kier alpha value is -1.59. The number of methoxy groups -OCH3 is 1. The molecule has 1 aromatic carbocycles. The number of carbonyl (C=O) groups is 1. The van der Waals surface area contributed by atoms with Gasteiger partial charge in [0.1, 0.15) is 11.9 Å². The van der Waals surface area contributed by atoms with Gasteiger partial charge in [-0.05, 0) is 32.8 Å². The summed E-state index contributed by atoms with van der Waals surface area (Å²) in [5.41, 5.74) is 7.67. The molecule has 1 aliphatic heterocycles. The van der Waals surface area contributed by atoms with Gasteiger partial charge in [-0.25, -0.2) is 0 Å². The molecule has 3 N–H and O–H groups in total. The number of carbonyl (C=O) groups excluding carboxylic acids is 1. The zero-order valence-electron chi connectivity index (χ0n) is 12.9. The van der Waals surface area contributed by atoms with Crippen LogP contribution in [0.25, 0.3) is 0 Å². The van der Waals surface area contributed by atoms with Crippen molar-refractivity contribution in [2.75, 3.05) is 13.7 Å². The Bertz CT molecular complexity index is 504. The standard InChI is InChI=1S/C16H24N2O3/c1-10-4-6-14(20-3)13(8-10)11(2)18-16(19)15-7-5-12(9-17)21-15/h4,6,8,11-12,15H,5,7,9,17H2,1-3H3,(H,18,19)/t11?,12-,15+/m1/s1. The molecule has 0 aliphatic carbocycles. The first-order valence-electron chi connectivity index (χ1n) is 7.35. The van der Waals surface area contributed by atoms with E-state index in [0.29, 0.717) is 6.54 Å². The van der Waals surface area contributed by atoms with E-state index in [2.05, 4.69) is 5.32 Å². The summed E-state index contributed by atoms with van der Waals surface area (Å²) in [6, 6.07) is 5.81. The molecule has 1 heterocycles. The maximum atomic E-state index is 12.3. The van der Waals surface area contributed by atoms with Gasteiger partial charge in [0.05, 0.1) is 19.3 Å². The van der Waals surface area contributed by atoms with Crippen molar-refractivity contribution < 1.29 is 14.3 Å². The van der Waals surface area contributed by atoms with E-state index in [4.69, 9.17) is 15.2 Å². The van der Waals surface area contributed by atoms with Gasteiger partial charge in [0.2, 0.25) is 5.91 Å². The van der Waals surface area contributed by atoms with Crippen molar-refractivity contribution in [1.29, 1.82) is 0 Å². The number of nitrogens with one attached hydrogen (secondary N) is 1. The van der Waals surface area contributed by atoms with E-state index in [1.807, 2.05) is 32.0 Å². The first kappa shape index (κ1) is 15.8. The van der Waals surface area contributed by atoms with Crippen LogP contribution in [0.2, 0.25) is 0 Å². The average Bonchev–Trinajstić information content (AvgIpc) is 2.96. The molecule has 1 aliphatic rings. The smallest absolute Gasteiger partial charge is 0.249 e. The summed E-state index contributed by atoms with van der Waals surface area (Å²) in [6.07, 6.45) is 1.18. The topological polar surface area (TPSA) is 73.6 Å². The summed E-state index contributed by atoms with van der Waals surface area (Å²) in [7, 11) is 1.63. The SMILES string of the molecule is COc1ccc(C)cc1C(C)NC(=O)[C@@H]1CC[C@H](CN)O1. The quantitative estimate of drug-likeness (QED) is 0.866. The fourth-order valence-electron chi connectivity index (χ4n) is 2.65. The molecule has 0 spiro atoms. The molecule has 0 bridgehead atoms. The van der Waals surface area contributed by atoms with Crippen LogP contribution in [-0.2, 0) is 9.53 Å². The fraction of sp³-hybridized carbons (Fsp3) is 0.562. The average molecular weight is 292 g/mol. The van der Waals surface area contributed by atoms with Crippen molar-refractivity contribution in [1.82, 2.24) is 5.32 Å². The van der Waals surface area contributed by atoms with E-state index in [1.165, 1.54) is 0 Å². The highest BCUT2D eigenvalue weighted by Gasteiger charge is 2.30. The van der Waals surface area contributed by atoms with Gasteiger partial charge in [0, 0.05) is 12.1 Å². The molecule has 21 heavy (non-hydrogen) atoms. The van der Waals surface area contributed by atoms with Gasteiger partial charge in [0.25, 0.3) is 0 Å². The maximum absolute atomic E-state index is 12.3. The van der Waals surface area contributed by atoms with Gasteiger partial charge in [-0.3, -0.25) is 4.79 Å². The molecule has 116 valence electrons. The lowest BCUT2D eigenvalue weighted by molar-refractivity contribution is -0.132. The van der Waals surface area contributed by atoms with Crippen LogP contribution in [-0.4, -0.2) is 31.8 Å². The van der Waals surface area contributed by atoms with Crippen LogP contribution in [0.4, 0.5) is 0 Å². The van der Waals surface area contributed by atoms with E-state index in [9.17, 15) is 4.79 Å². The molecule has 0 radical (unpaired) electrons. The summed E-state index contributed by atoms with van der Waals surface area (Å²) >= 11 is 0. The normalized spacial score (nSPS) is 22.9. The van der Waals surface area contributed by atoms with Gasteiger partial charge in [-0.1, -0.05) is 17.7 Å². The molecule has 1 aromatic rings. The molecule has 5 heteroatoms. The third-order valence-corrected chi connectivity index (χ3v) is 3.87. The third kappa shape index (κ3) is 3.74. The molecule has 0 aromatic heterocycles. The number of aryl methyl sites for hydroxylation is 1. The van der Waals surface area contributed by atoms with Gasteiger partial charge in [0.15, 0.2) is 0 Å². The molecule has 1 fully saturated rings. The Morgan fingerprint density at radius 1 is 1.52 bits per heavy atom. The van der Waals surface area contributed by atoms with Crippen LogP contribution in [0.3, 0.4) is 0 Å². The summed E-state index contributed by atoms with van der Waals surface area (Å²) in [6.45, 7) is 4.43. The highest BCUT2D eigenvalue weighted by Crippen LogP contribution is 2.27. The molecular formula is C16H24N2O3. The highest BCUT2D eigenvalue weighted by molar-refractivity contribution is 5.81. The minimum absolute atomic E-state index is 0.00422. The number of hydrogen-bond acceptors (Lipinski definition) is 4. The Labute approximate surface area is 125 Å². The van der Waals surface area contributed by atoms with E-state index in [-0.39, 0.29) is 18.1 Å². The van der Waals surface area contributed by atoms with E-state index >= 15 is 0 Å². The molecule has 5 nitrogen and oxygen atoms in total. The second-order valence-corrected chi connectivity index (χ2v) is 5.54. The predicted molar refractivity (Wildman–Crippen MR) is 81.2 cm³/mol. The fourth-order valence-corrected chi connectivity index (χ4v) is 2.65. The molecule has 1 saturated heterocycles. The van der Waals surface area contributed by atoms with Crippen LogP contribution >= 0.6 is 0 Å². The second kappa shape index (κ2) is 6.91. The number of hydrogen-bond donors (Lipinski definition) is 2. The lowest BCUT2D eigenvalue weighted by Crippen LogP contribution is -2.37. The van der Waals surface area contributed by atoms with Gasteiger partial charge in [-0.2, -0.15) is 0 Å². The lowest BCUT2D eigenvalue weighted by Gasteiger charge is -2.20. The van der Waals surface area contributed by atoms with Crippen molar-refractivity contribution in [3.63, 3.8) is 0 Å². The molecular weight excluding hydrogens is 268 g/mol. The van der Waals surface area contributed by atoms with Crippen LogP contribution in [0, 0.1) is 6.92 Å².